The number of sulfonamides is 1. The van der Waals surface area contributed by atoms with Crippen LogP contribution in [0.5, 0.6) is 0 Å². The van der Waals surface area contributed by atoms with Gasteiger partial charge in [-0.05, 0) is 62.4 Å². The molecule has 2 fully saturated rings. The molecular weight excluding hydrogens is 422 g/mol. The molecule has 1 aromatic heterocycles. The van der Waals surface area contributed by atoms with E-state index in [9.17, 15) is 18.0 Å². The van der Waals surface area contributed by atoms with E-state index < -0.39 is 16.1 Å². The summed E-state index contributed by atoms with van der Waals surface area (Å²) in [5, 5.41) is 5.76. The van der Waals surface area contributed by atoms with Crippen LogP contribution < -0.4 is 10.6 Å². The number of hydrogen-bond donors (Lipinski definition) is 2. The highest BCUT2D eigenvalue weighted by Gasteiger charge is 2.39. The van der Waals surface area contributed by atoms with Gasteiger partial charge < -0.3 is 10.6 Å². The second-order valence-corrected chi connectivity index (χ2v) is 11.2. The largest absolute Gasteiger partial charge is 0.351 e. The fourth-order valence-corrected chi connectivity index (χ4v) is 6.68. The number of thiophene rings is 1. The lowest BCUT2D eigenvalue weighted by Crippen LogP contribution is -2.45. The summed E-state index contributed by atoms with van der Waals surface area (Å²) in [6, 6.07) is 10.0. The van der Waals surface area contributed by atoms with Crippen molar-refractivity contribution in [2.45, 2.75) is 49.4 Å². The molecule has 1 saturated heterocycles. The van der Waals surface area contributed by atoms with Gasteiger partial charge in [0.1, 0.15) is 10.3 Å². The van der Waals surface area contributed by atoms with Gasteiger partial charge in [0, 0.05) is 29.6 Å². The van der Waals surface area contributed by atoms with Crippen molar-refractivity contribution >= 4 is 38.9 Å². The van der Waals surface area contributed by atoms with Gasteiger partial charge in [0.15, 0.2) is 0 Å². The Morgan fingerprint density at radius 2 is 1.93 bits per heavy atom. The summed E-state index contributed by atoms with van der Waals surface area (Å²) in [5.74, 6) is -0.139. The van der Waals surface area contributed by atoms with Crippen LogP contribution in [0.3, 0.4) is 0 Å². The quantitative estimate of drug-likeness (QED) is 0.682. The molecule has 160 valence electrons. The second-order valence-electron chi connectivity index (χ2n) is 7.82. The molecule has 0 radical (unpaired) electrons. The predicted molar refractivity (Wildman–Crippen MR) is 116 cm³/mol. The minimum Gasteiger partial charge on any atom is -0.351 e. The van der Waals surface area contributed by atoms with Crippen molar-refractivity contribution in [3.05, 3.63) is 46.8 Å². The van der Waals surface area contributed by atoms with Crippen LogP contribution in [0.4, 0.5) is 5.69 Å². The van der Waals surface area contributed by atoms with Gasteiger partial charge in [0.25, 0.3) is 10.0 Å². The van der Waals surface area contributed by atoms with Crippen molar-refractivity contribution in [3.63, 3.8) is 0 Å². The van der Waals surface area contributed by atoms with Gasteiger partial charge >= 0.3 is 0 Å². The topological polar surface area (TPSA) is 95.6 Å². The summed E-state index contributed by atoms with van der Waals surface area (Å²) in [4.78, 5) is 25.6. The Balaban J connectivity index is 1.39. The summed E-state index contributed by atoms with van der Waals surface area (Å²) in [5.41, 5.74) is 1.55. The molecule has 30 heavy (non-hydrogen) atoms. The first-order chi connectivity index (χ1) is 14.3. The third kappa shape index (κ3) is 4.58. The van der Waals surface area contributed by atoms with Crippen LogP contribution in [0, 0.1) is 12.8 Å². The highest BCUT2D eigenvalue weighted by molar-refractivity contribution is 7.91. The molecule has 4 rings (SSSR count). The summed E-state index contributed by atoms with van der Waals surface area (Å²) < 4.78 is 27.5. The van der Waals surface area contributed by atoms with Gasteiger partial charge in [-0.25, -0.2) is 8.42 Å². The third-order valence-corrected chi connectivity index (χ3v) is 8.77. The fraction of sp³-hybridized carbons (Fsp3) is 0.429. The van der Waals surface area contributed by atoms with Crippen LogP contribution in [0.15, 0.2) is 40.6 Å². The number of carbonyl (C=O) groups is 2. The summed E-state index contributed by atoms with van der Waals surface area (Å²) in [6.45, 7) is 2.48. The van der Waals surface area contributed by atoms with Gasteiger partial charge in [0.05, 0.1) is 0 Å². The van der Waals surface area contributed by atoms with E-state index in [1.165, 1.54) is 15.6 Å². The van der Waals surface area contributed by atoms with Crippen molar-refractivity contribution < 1.29 is 18.0 Å². The number of benzene rings is 1. The first-order valence-corrected chi connectivity index (χ1v) is 12.4. The van der Waals surface area contributed by atoms with Crippen molar-refractivity contribution in [2.24, 2.45) is 5.92 Å². The van der Waals surface area contributed by atoms with Crippen LogP contribution in [0.25, 0.3) is 0 Å². The van der Waals surface area contributed by atoms with E-state index in [0.717, 1.165) is 23.3 Å². The molecule has 1 aliphatic heterocycles. The van der Waals surface area contributed by atoms with Crippen molar-refractivity contribution in [3.8, 4) is 0 Å². The highest BCUT2D eigenvalue weighted by atomic mass is 32.2. The predicted octanol–water partition coefficient (Wildman–Crippen LogP) is 2.87. The molecule has 1 aromatic carbocycles. The van der Waals surface area contributed by atoms with Gasteiger partial charge in [-0.1, -0.05) is 12.1 Å². The van der Waals surface area contributed by atoms with E-state index in [0.29, 0.717) is 25.1 Å². The molecule has 0 bridgehead atoms. The Morgan fingerprint density at radius 1 is 1.13 bits per heavy atom. The van der Waals surface area contributed by atoms with Crippen LogP contribution in [0.1, 0.15) is 36.1 Å². The molecule has 0 spiro atoms. The zero-order chi connectivity index (χ0) is 21.3. The average molecular weight is 448 g/mol. The Labute approximate surface area is 180 Å². The lowest BCUT2D eigenvalue weighted by Gasteiger charge is -2.22. The van der Waals surface area contributed by atoms with Gasteiger partial charge in [-0.2, -0.15) is 4.31 Å². The molecule has 1 aliphatic carbocycles. The van der Waals surface area contributed by atoms with Gasteiger partial charge in [0.2, 0.25) is 11.8 Å². The lowest BCUT2D eigenvalue weighted by atomic mass is 10.1. The van der Waals surface area contributed by atoms with Crippen molar-refractivity contribution in [1.29, 1.82) is 0 Å². The van der Waals surface area contributed by atoms with E-state index in [1.807, 2.05) is 31.2 Å². The molecule has 0 unspecified atom stereocenters. The third-order valence-electron chi connectivity index (χ3n) is 5.39. The standard InChI is InChI=1S/C21H25N3O4S2/c1-14-7-10-19(29-14)30(27,28)24-11-3-6-18(24)21(26)22-13-15-4-2-5-17(12-15)23-20(25)16-8-9-16/h2,4-5,7,10,12,16,18H,3,6,8-9,11,13H2,1H3,(H,22,26)(H,23,25)/t18-/m1/s1. The summed E-state index contributed by atoms with van der Waals surface area (Å²) in [7, 11) is -3.67. The minimum absolute atomic E-state index is 0.0341. The van der Waals surface area contributed by atoms with Crippen LogP contribution in [0.2, 0.25) is 0 Å². The Morgan fingerprint density at radius 3 is 2.63 bits per heavy atom. The highest BCUT2D eigenvalue weighted by Crippen LogP contribution is 2.31. The molecule has 2 amide bonds. The number of nitrogens with zero attached hydrogens (tertiary/aromatic N) is 1. The van der Waals surface area contributed by atoms with E-state index in [-0.39, 0.29) is 28.5 Å². The molecule has 2 aromatic rings. The number of hydrogen-bond acceptors (Lipinski definition) is 5. The van der Waals surface area contributed by atoms with Crippen LogP contribution in [-0.4, -0.2) is 37.1 Å². The van der Waals surface area contributed by atoms with E-state index in [1.54, 1.807) is 12.1 Å². The van der Waals surface area contributed by atoms with Crippen molar-refractivity contribution in [1.82, 2.24) is 9.62 Å². The van der Waals surface area contributed by atoms with Crippen molar-refractivity contribution in [2.75, 3.05) is 11.9 Å². The molecule has 1 atom stereocenters. The van der Waals surface area contributed by atoms with Gasteiger partial charge in [-0.3, -0.25) is 9.59 Å². The first-order valence-electron chi connectivity index (χ1n) is 10.1. The normalized spacial score (nSPS) is 19.6. The Kier molecular flexibility index (Phi) is 5.95. The number of carbonyl (C=O) groups excluding carboxylic acids is 2. The van der Waals surface area contributed by atoms with E-state index in [2.05, 4.69) is 10.6 Å². The second kappa shape index (κ2) is 8.49. The molecule has 9 heteroatoms. The van der Waals surface area contributed by atoms with Gasteiger partial charge in [-0.15, -0.1) is 11.3 Å². The number of rotatable bonds is 7. The minimum atomic E-state index is -3.67. The maximum Gasteiger partial charge on any atom is 0.253 e. The Bertz CT molecular complexity index is 1060. The fourth-order valence-electron chi connectivity index (χ4n) is 3.61. The smallest absolute Gasteiger partial charge is 0.253 e. The molecular formula is C21H25N3O4S2. The molecule has 7 nitrogen and oxygen atoms in total. The van der Waals surface area contributed by atoms with Crippen LogP contribution in [-0.2, 0) is 26.2 Å². The van der Waals surface area contributed by atoms with E-state index >= 15 is 0 Å². The maximum absolute atomic E-state index is 13.0. The summed E-state index contributed by atoms with van der Waals surface area (Å²) >= 11 is 1.22. The monoisotopic (exact) mass is 447 g/mol. The summed E-state index contributed by atoms with van der Waals surface area (Å²) in [6.07, 6.45) is 3.04. The molecule has 2 N–H and O–H groups in total. The molecule has 1 saturated carbocycles. The SMILES string of the molecule is Cc1ccc(S(=O)(=O)N2CCC[C@@H]2C(=O)NCc2cccc(NC(=O)C3CC3)c2)s1. The zero-order valence-corrected chi connectivity index (χ0v) is 18.4. The first kappa shape index (κ1) is 21.0. The molecule has 2 heterocycles. The maximum atomic E-state index is 13.0. The number of anilines is 1. The zero-order valence-electron chi connectivity index (χ0n) is 16.8. The van der Waals surface area contributed by atoms with E-state index in [4.69, 9.17) is 0 Å². The molecule has 2 aliphatic rings. The lowest BCUT2D eigenvalue weighted by molar-refractivity contribution is -0.124. The Hall–Kier alpha value is -2.23. The number of aryl methyl sites for hydroxylation is 1. The average Bonchev–Trinajstić information content (AvgIpc) is 3.27. The van der Waals surface area contributed by atoms with Crippen LogP contribution >= 0.6 is 11.3 Å². The number of amides is 2. The number of nitrogens with one attached hydrogen (secondary N) is 2.